The van der Waals surface area contributed by atoms with Crippen molar-refractivity contribution in [2.75, 3.05) is 14.2 Å². The molecule has 14 heteroatoms. The van der Waals surface area contributed by atoms with Crippen LogP contribution >= 0.6 is 0 Å². The molecule has 0 aliphatic rings. The Morgan fingerprint density at radius 2 is 1.52 bits per heavy atom. The smallest absolute Gasteiger partial charge is 0.512 e. The first kappa shape index (κ1) is 27.9. The lowest BCUT2D eigenvalue weighted by atomic mass is 10.1. The van der Waals surface area contributed by atoms with Crippen molar-refractivity contribution >= 4 is 77.2 Å². The third-order valence-electron chi connectivity index (χ3n) is 4.74. The first-order valence-electron chi connectivity index (χ1n) is 8.68. The molecule has 0 amide bonds. The van der Waals surface area contributed by atoms with Crippen LogP contribution in [0.5, 0.6) is 11.5 Å². The first-order chi connectivity index (χ1) is 14.5. The van der Waals surface area contributed by atoms with Crippen molar-refractivity contribution in [3.8, 4) is 49.1 Å². The van der Waals surface area contributed by atoms with Crippen molar-refractivity contribution in [3.05, 3.63) is 23.3 Å². The minimum atomic E-state index is -3.00. The SMILES string of the molecule is C#CO[Si](OC#C)[Si](CCc1ccc(OC)c(C)c1OC)([Si]([Si])([Si])[Si])[Si]([Si])([Si])OC#C. The zero-order valence-corrected chi connectivity index (χ0v) is 26.3. The molecule has 0 aliphatic heterocycles. The van der Waals surface area contributed by atoms with Gasteiger partial charge < -0.3 is 22.8 Å². The van der Waals surface area contributed by atoms with Gasteiger partial charge in [-0.3, -0.25) is 0 Å². The summed E-state index contributed by atoms with van der Waals surface area (Å²) in [7, 11) is 20.3. The molecule has 0 saturated heterocycles. The number of hydrogen-bond acceptors (Lipinski definition) is 5. The molecule has 0 N–H and O–H groups in total. The van der Waals surface area contributed by atoms with Gasteiger partial charge in [-0.2, -0.15) is 0 Å². The van der Waals surface area contributed by atoms with Crippen molar-refractivity contribution in [2.24, 2.45) is 0 Å². The summed E-state index contributed by atoms with van der Waals surface area (Å²) in [4.78, 5) is 0. The Labute approximate surface area is 205 Å². The molecule has 1 atom stereocenters. The third kappa shape index (κ3) is 5.81. The first-order valence-corrected chi connectivity index (χ1v) is 26.6. The average Bonchev–Trinajstić information content (AvgIpc) is 2.67. The van der Waals surface area contributed by atoms with Crippen LogP contribution in [0.1, 0.15) is 11.1 Å². The fourth-order valence-electron chi connectivity index (χ4n) is 3.26. The molecule has 31 heavy (non-hydrogen) atoms. The number of aryl methyl sites for hydroxylation is 1. The molecule has 0 spiro atoms. The molecule has 152 valence electrons. The predicted octanol–water partition coefficient (Wildman–Crippen LogP) is -0.731. The number of benzene rings is 1. The van der Waals surface area contributed by atoms with E-state index in [2.05, 4.69) is 67.1 Å². The highest BCUT2D eigenvalue weighted by Crippen LogP contribution is 2.36. The normalized spacial score (nSPS) is 13.2. The fourth-order valence-corrected chi connectivity index (χ4v) is 93.5. The maximum atomic E-state index is 5.77. The number of rotatable bonds is 11. The quantitative estimate of drug-likeness (QED) is 0.267. The second kappa shape index (κ2) is 11.6. The van der Waals surface area contributed by atoms with Crippen LogP contribution in [0.2, 0.25) is 6.04 Å². The Balaban J connectivity index is 3.66. The van der Waals surface area contributed by atoms with Gasteiger partial charge in [0.25, 0.3) is 0 Å². The predicted molar refractivity (Wildman–Crippen MR) is 134 cm³/mol. The molecule has 1 unspecified atom stereocenters. The van der Waals surface area contributed by atoms with E-state index in [0.29, 0.717) is 12.5 Å². The Morgan fingerprint density at radius 3 is 1.94 bits per heavy atom. The van der Waals surface area contributed by atoms with E-state index in [9.17, 15) is 0 Å². The van der Waals surface area contributed by atoms with Gasteiger partial charge in [0.1, 0.15) is 11.5 Å². The largest absolute Gasteiger partial charge is 0.514 e. The Kier molecular flexibility index (Phi) is 10.5. The lowest BCUT2D eigenvalue weighted by Gasteiger charge is -2.48. The zero-order valence-electron chi connectivity index (χ0n) is 17.3. The summed E-state index contributed by atoms with van der Waals surface area (Å²) < 4.78 is 28.2. The Hall–Kier alpha value is -1.15. The maximum absolute atomic E-state index is 5.77. The molecule has 16 radical (unpaired) electrons. The number of ether oxygens (including phenoxy) is 2. The molecule has 0 saturated carbocycles. The molecule has 0 bridgehead atoms. The van der Waals surface area contributed by atoms with Crippen LogP contribution in [0.25, 0.3) is 0 Å². The van der Waals surface area contributed by atoms with Crippen molar-refractivity contribution in [2.45, 2.75) is 19.4 Å². The summed E-state index contributed by atoms with van der Waals surface area (Å²) in [5.41, 5.74) is 1.88. The lowest BCUT2D eigenvalue weighted by molar-refractivity contribution is 0.385. The maximum Gasteiger partial charge on any atom is 0.512 e. The highest BCUT2D eigenvalue weighted by molar-refractivity contribution is 8.11. The van der Waals surface area contributed by atoms with E-state index in [4.69, 9.17) is 42.0 Å². The van der Waals surface area contributed by atoms with Crippen LogP contribution in [0.4, 0.5) is 0 Å². The van der Waals surface area contributed by atoms with Crippen molar-refractivity contribution < 1.29 is 22.8 Å². The van der Waals surface area contributed by atoms with Crippen molar-refractivity contribution in [1.82, 2.24) is 0 Å². The van der Waals surface area contributed by atoms with E-state index in [1.165, 1.54) is 0 Å². The van der Waals surface area contributed by atoms with Gasteiger partial charge in [-0.15, -0.1) is 0 Å². The van der Waals surface area contributed by atoms with Crippen LogP contribution in [0, 0.1) is 44.5 Å². The number of terminal acetylenes is 3. The third-order valence-corrected chi connectivity index (χ3v) is 81.7. The highest BCUT2D eigenvalue weighted by Gasteiger charge is 2.69. The summed E-state index contributed by atoms with van der Waals surface area (Å²) in [6.07, 6.45) is 21.2. The van der Waals surface area contributed by atoms with E-state index in [0.717, 1.165) is 22.6 Å². The molecule has 0 fully saturated rings. The van der Waals surface area contributed by atoms with Gasteiger partial charge in [-0.1, -0.05) is 31.4 Å². The molecule has 0 aromatic heterocycles. The van der Waals surface area contributed by atoms with Gasteiger partial charge in [0.05, 0.1) is 52.1 Å². The molecule has 1 aromatic rings. The molecule has 1 aromatic carbocycles. The molecular weight excluding hydrogens is 537 g/mol. The van der Waals surface area contributed by atoms with E-state index in [1.54, 1.807) is 14.2 Å². The van der Waals surface area contributed by atoms with Crippen LogP contribution < -0.4 is 9.47 Å². The van der Waals surface area contributed by atoms with Gasteiger partial charge in [0.2, 0.25) is 6.87 Å². The molecule has 1 rings (SSSR count). The minimum absolute atomic E-state index is 0.594. The molecular formula is C17H18O5Si9. The van der Waals surface area contributed by atoms with Gasteiger partial charge in [-0.05, 0) is 25.0 Å². The average molecular weight is 555 g/mol. The van der Waals surface area contributed by atoms with Crippen molar-refractivity contribution in [3.63, 3.8) is 0 Å². The van der Waals surface area contributed by atoms with Crippen LogP contribution in [0.15, 0.2) is 12.1 Å². The standard InChI is InChI=1S/C17H18O5Si9/c1-7-20-28(21-8-2)29(31(25,26)27,30(23,24)22-9-3)13-12-15-10-11-16(18-5)14(4)17(15)19-6/h1-3,10-11H,12-13H2,4-6H3. The van der Waals surface area contributed by atoms with Crippen LogP contribution in [0.3, 0.4) is 0 Å². The monoisotopic (exact) mass is 554 g/mol. The van der Waals surface area contributed by atoms with E-state index < -0.39 is 28.4 Å². The zero-order chi connectivity index (χ0) is 23.9. The second-order valence-electron chi connectivity index (χ2n) is 6.37. The van der Waals surface area contributed by atoms with E-state index in [-0.39, 0.29) is 0 Å². The summed E-state index contributed by atoms with van der Waals surface area (Å²) in [5, 5.41) is 0. The molecule has 0 aliphatic carbocycles. The number of hydrogen-bond donors (Lipinski definition) is 0. The fraction of sp³-hybridized carbons (Fsp3) is 0.294. The Morgan fingerprint density at radius 1 is 0.935 bits per heavy atom. The second-order valence-corrected chi connectivity index (χ2v) is 55.0. The molecule has 0 heterocycles. The summed E-state index contributed by atoms with van der Waals surface area (Å²) in [6, 6.07) is 4.46. The number of methoxy groups -OCH3 is 2. The van der Waals surface area contributed by atoms with Crippen molar-refractivity contribution in [1.29, 1.82) is 0 Å². The molecule has 5 nitrogen and oxygen atoms in total. The van der Waals surface area contributed by atoms with Gasteiger partial charge >= 0.3 is 8.80 Å². The van der Waals surface area contributed by atoms with Crippen LogP contribution in [-0.4, -0.2) is 91.5 Å². The van der Waals surface area contributed by atoms with Gasteiger partial charge in [-0.25, -0.2) is 0 Å². The lowest BCUT2D eigenvalue weighted by Crippen LogP contribution is -2.88. The minimum Gasteiger partial charge on any atom is -0.514 e. The summed E-state index contributed by atoms with van der Waals surface area (Å²) in [6.45, 7) is -3.97. The van der Waals surface area contributed by atoms with E-state index >= 15 is 0 Å². The summed E-state index contributed by atoms with van der Waals surface area (Å²) in [5.74, 6) is 1.48. The Bertz CT molecular complexity index is 881. The van der Waals surface area contributed by atoms with Crippen LogP contribution in [-0.2, 0) is 19.7 Å². The van der Waals surface area contributed by atoms with Gasteiger partial charge in [0.15, 0.2) is 6.63 Å². The van der Waals surface area contributed by atoms with E-state index in [1.807, 2.05) is 19.1 Å². The van der Waals surface area contributed by atoms with Gasteiger partial charge in [0, 0.05) is 41.0 Å². The topological polar surface area (TPSA) is 46.2 Å². The summed E-state index contributed by atoms with van der Waals surface area (Å²) >= 11 is 0. The highest BCUT2D eigenvalue weighted by atomic mass is 30.4.